The number of carbonyl (C=O) groups is 2. The van der Waals surface area contributed by atoms with Gasteiger partial charge < -0.3 is 15.4 Å². The van der Waals surface area contributed by atoms with Gasteiger partial charge in [-0.2, -0.15) is 0 Å². The molecule has 8 nitrogen and oxygen atoms in total. The minimum Gasteiger partial charge on any atom is -0.474 e. The first-order chi connectivity index (χ1) is 13.4. The van der Waals surface area contributed by atoms with Crippen LogP contribution in [0.15, 0.2) is 42.5 Å². The molecule has 1 aliphatic rings. The van der Waals surface area contributed by atoms with Crippen LogP contribution >= 0.6 is 0 Å². The fraction of sp³-hybridized carbons (Fsp3) is 0.300. The lowest BCUT2D eigenvalue weighted by Crippen LogP contribution is -2.30. The normalized spacial score (nSPS) is 14.1. The van der Waals surface area contributed by atoms with Gasteiger partial charge in [-0.15, -0.1) is 0 Å². The summed E-state index contributed by atoms with van der Waals surface area (Å²) in [5, 5.41) is 16.7. The van der Waals surface area contributed by atoms with Gasteiger partial charge in [-0.25, -0.2) is 0 Å². The smallest absolute Gasteiger partial charge is 0.310 e. The Bertz CT molecular complexity index is 924. The SMILES string of the molecule is Cc1c(NC(=O)C2CC2)cccc1NC(=O)C(C)Oc1ccccc1[N+](=O)[O-]. The van der Waals surface area contributed by atoms with E-state index < -0.39 is 16.9 Å². The largest absolute Gasteiger partial charge is 0.474 e. The third kappa shape index (κ3) is 4.46. The van der Waals surface area contributed by atoms with Crippen LogP contribution in [-0.4, -0.2) is 22.8 Å². The van der Waals surface area contributed by atoms with Crippen LogP contribution in [0, 0.1) is 23.0 Å². The number of nitrogens with zero attached hydrogens (tertiary/aromatic N) is 1. The molecule has 0 aliphatic heterocycles. The van der Waals surface area contributed by atoms with Crippen molar-refractivity contribution in [3.8, 4) is 5.75 Å². The van der Waals surface area contributed by atoms with Gasteiger partial charge in [0.05, 0.1) is 4.92 Å². The molecule has 28 heavy (non-hydrogen) atoms. The number of anilines is 2. The number of hydrogen-bond donors (Lipinski definition) is 2. The first-order valence-corrected chi connectivity index (χ1v) is 8.98. The van der Waals surface area contributed by atoms with Gasteiger partial charge >= 0.3 is 5.69 Å². The van der Waals surface area contributed by atoms with Gasteiger partial charge in [-0.05, 0) is 50.5 Å². The number of nitro groups is 1. The third-order valence-electron chi connectivity index (χ3n) is 4.53. The van der Waals surface area contributed by atoms with Crippen molar-refractivity contribution in [2.24, 2.45) is 5.92 Å². The fourth-order valence-corrected chi connectivity index (χ4v) is 2.67. The molecule has 3 rings (SSSR count). The highest BCUT2D eigenvalue weighted by Gasteiger charge is 2.30. The summed E-state index contributed by atoms with van der Waals surface area (Å²) in [6.45, 7) is 3.31. The molecule has 8 heteroatoms. The lowest BCUT2D eigenvalue weighted by Gasteiger charge is -2.17. The molecule has 146 valence electrons. The van der Waals surface area contributed by atoms with Crippen LogP contribution < -0.4 is 15.4 Å². The van der Waals surface area contributed by atoms with E-state index in [2.05, 4.69) is 10.6 Å². The molecule has 1 saturated carbocycles. The number of para-hydroxylation sites is 2. The second kappa shape index (κ2) is 8.08. The van der Waals surface area contributed by atoms with Gasteiger partial charge in [-0.1, -0.05) is 18.2 Å². The second-order valence-corrected chi connectivity index (χ2v) is 6.72. The van der Waals surface area contributed by atoms with Crippen LogP contribution in [0.2, 0.25) is 0 Å². The van der Waals surface area contributed by atoms with E-state index in [4.69, 9.17) is 4.74 Å². The van der Waals surface area contributed by atoms with E-state index in [1.807, 2.05) is 0 Å². The Morgan fingerprint density at radius 2 is 1.75 bits per heavy atom. The Morgan fingerprint density at radius 3 is 2.39 bits per heavy atom. The molecular formula is C20H21N3O5. The van der Waals surface area contributed by atoms with Crippen molar-refractivity contribution in [3.05, 3.63) is 58.1 Å². The molecule has 0 spiro atoms. The second-order valence-electron chi connectivity index (χ2n) is 6.72. The summed E-state index contributed by atoms with van der Waals surface area (Å²) in [5.74, 6) is -0.364. The number of nitro benzene ring substituents is 1. The van der Waals surface area contributed by atoms with Crippen LogP contribution in [0.25, 0.3) is 0 Å². The maximum Gasteiger partial charge on any atom is 0.310 e. The van der Waals surface area contributed by atoms with E-state index >= 15 is 0 Å². The fourth-order valence-electron chi connectivity index (χ4n) is 2.67. The Hall–Kier alpha value is -3.42. The molecule has 0 bridgehead atoms. The van der Waals surface area contributed by atoms with Crippen molar-refractivity contribution in [2.45, 2.75) is 32.8 Å². The van der Waals surface area contributed by atoms with E-state index in [1.165, 1.54) is 25.1 Å². The molecule has 2 aromatic rings. The van der Waals surface area contributed by atoms with Crippen molar-refractivity contribution >= 4 is 28.9 Å². The number of amides is 2. The Kier molecular flexibility index (Phi) is 5.58. The molecule has 1 atom stereocenters. The number of ether oxygens (including phenoxy) is 1. The number of benzene rings is 2. The summed E-state index contributed by atoms with van der Waals surface area (Å²) < 4.78 is 5.49. The summed E-state index contributed by atoms with van der Waals surface area (Å²) in [4.78, 5) is 35.0. The van der Waals surface area contributed by atoms with Gasteiger partial charge in [0, 0.05) is 23.4 Å². The van der Waals surface area contributed by atoms with E-state index in [9.17, 15) is 19.7 Å². The van der Waals surface area contributed by atoms with E-state index in [-0.39, 0.29) is 23.3 Å². The van der Waals surface area contributed by atoms with Crippen LogP contribution in [0.5, 0.6) is 5.75 Å². The van der Waals surface area contributed by atoms with E-state index in [0.29, 0.717) is 11.4 Å². The quantitative estimate of drug-likeness (QED) is 0.560. The molecule has 1 unspecified atom stereocenters. The molecule has 1 fully saturated rings. The Labute approximate surface area is 162 Å². The van der Waals surface area contributed by atoms with Crippen LogP contribution in [0.4, 0.5) is 17.1 Å². The number of hydrogen-bond acceptors (Lipinski definition) is 5. The topological polar surface area (TPSA) is 111 Å². The predicted molar refractivity (Wildman–Crippen MR) is 104 cm³/mol. The summed E-state index contributed by atoms with van der Waals surface area (Å²) in [7, 11) is 0. The standard InChI is InChI=1S/C20H21N3O5/c1-12-15(6-5-7-16(12)22-20(25)14-10-11-14)21-19(24)13(2)28-18-9-4-3-8-17(18)23(26)27/h3-9,13-14H,10-11H2,1-2H3,(H,21,24)(H,22,25). The minimum absolute atomic E-state index is 0.0142. The Morgan fingerprint density at radius 1 is 1.11 bits per heavy atom. The summed E-state index contributed by atoms with van der Waals surface area (Å²) >= 11 is 0. The molecular weight excluding hydrogens is 362 g/mol. The zero-order valence-corrected chi connectivity index (χ0v) is 15.6. The number of carbonyl (C=O) groups excluding carboxylic acids is 2. The van der Waals surface area contributed by atoms with Crippen LogP contribution in [-0.2, 0) is 9.59 Å². The number of nitrogens with one attached hydrogen (secondary N) is 2. The van der Waals surface area contributed by atoms with E-state index in [1.54, 1.807) is 31.2 Å². The number of rotatable bonds is 7. The van der Waals surface area contributed by atoms with Gasteiger partial charge in [0.15, 0.2) is 11.9 Å². The highest BCUT2D eigenvalue weighted by atomic mass is 16.6. The predicted octanol–water partition coefficient (Wildman–Crippen LogP) is 3.66. The molecule has 0 heterocycles. The van der Waals surface area contributed by atoms with Crippen LogP contribution in [0.3, 0.4) is 0 Å². The van der Waals surface area contributed by atoms with E-state index in [0.717, 1.165) is 18.4 Å². The van der Waals surface area contributed by atoms with Crippen molar-refractivity contribution in [2.75, 3.05) is 10.6 Å². The average molecular weight is 383 g/mol. The first kappa shape index (κ1) is 19.3. The third-order valence-corrected chi connectivity index (χ3v) is 4.53. The van der Waals surface area contributed by atoms with Gasteiger partial charge in [-0.3, -0.25) is 19.7 Å². The summed E-state index contributed by atoms with van der Waals surface area (Å²) in [6, 6.07) is 11.1. The molecule has 2 aromatic carbocycles. The molecule has 0 saturated heterocycles. The Balaban J connectivity index is 1.69. The van der Waals surface area contributed by atoms with Crippen molar-refractivity contribution in [1.82, 2.24) is 0 Å². The van der Waals surface area contributed by atoms with Crippen molar-refractivity contribution in [1.29, 1.82) is 0 Å². The summed E-state index contributed by atoms with van der Waals surface area (Å²) in [5.41, 5.74) is 1.70. The zero-order valence-electron chi connectivity index (χ0n) is 15.6. The molecule has 2 N–H and O–H groups in total. The molecule has 1 aliphatic carbocycles. The lowest BCUT2D eigenvalue weighted by molar-refractivity contribution is -0.386. The lowest BCUT2D eigenvalue weighted by atomic mass is 10.1. The summed E-state index contributed by atoms with van der Waals surface area (Å²) in [6.07, 6.45) is 0.856. The van der Waals surface area contributed by atoms with Crippen molar-refractivity contribution in [3.63, 3.8) is 0 Å². The zero-order chi connectivity index (χ0) is 20.3. The van der Waals surface area contributed by atoms with Crippen LogP contribution in [0.1, 0.15) is 25.3 Å². The maximum absolute atomic E-state index is 12.5. The average Bonchev–Trinajstić information content (AvgIpc) is 3.50. The molecule has 2 amide bonds. The highest BCUT2D eigenvalue weighted by molar-refractivity contribution is 5.98. The highest BCUT2D eigenvalue weighted by Crippen LogP contribution is 2.32. The van der Waals surface area contributed by atoms with Gasteiger partial charge in [0.2, 0.25) is 5.91 Å². The molecule has 0 aromatic heterocycles. The first-order valence-electron chi connectivity index (χ1n) is 8.98. The van der Waals surface area contributed by atoms with Gasteiger partial charge in [0.1, 0.15) is 0 Å². The monoisotopic (exact) mass is 383 g/mol. The molecule has 0 radical (unpaired) electrons. The van der Waals surface area contributed by atoms with Gasteiger partial charge in [0.25, 0.3) is 5.91 Å². The maximum atomic E-state index is 12.5. The van der Waals surface area contributed by atoms with Crippen molar-refractivity contribution < 1.29 is 19.2 Å². The minimum atomic E-state index is -0.954.